The van der Waals surface area contributed by atoms with Crippen LogP contribution in [-0.4, -0.2) is 32.1 Å². The van der Waals surface area contributed by atoms with Gasteiger partial charge in [-0.25, -0.2) is 0 Å². The van der Waals surface area contributed by atoms with Crippen LogP contribution in [-0.2, 0) is 9.53 Å². The molecule has 26 heavy (non-hydrogen) atoms. The number of methoxy groups -OCH3 is 1. The van der Waals surface area contributed by atoms with Gasteiger partial charge in [-0.1, -0.05) is 6.92 Å². The van der Waals surface area contributed by atoms with Crippen LogP contribution in [0.15, 0.2) is 48.5 Å². The highest BCUT2D eigenvalue weighted by atomic mass is 16.5. The van der Waals surface area contributed by atoms with Crippen molar-refractivity contribution in [3.63, 3.8) is 0 Å². The van der Waals surface area contributed by atoms with Crippen molar-refractivity contribution in [2.75, 3.05) is 31.0 Å². The number of ether oxygens (including phenoxy) is 2. The lowest BCUT2D eigenvalue weighted by Gasteiger charge is -2.09. The SMILES string of the molecule is CCCC(=O)Nc1ccc(NC(=O)c2ccc(OCCOC)cc2)cc1. The van der Waals surface area contributed by atoms with E-state index in [2.05, 4.69) is 10.6 Å². The highest BCUT2D eigenvalue weighted by Gasteiger charge is 2.07. The van der Waals surface area contributed by atoms with Gasteiger partial charge in [0.2, 0.25) is 5.91 Å². The van der Waals surface area contributed by atoms with E-state index in [0.717, 1.165) is 6.42 Å². The first-order chi connectivity index (χ1) is 12.6. The Morgan fingerprint density at radius 1 is 0.885 bits per heavy atom. The number of amides is 2. The lowest BCUT2D eigenvalue weighted by molar-refractivity contribution is -0.116. The molecule has 0 aromatic heterocycles. The van der Waals surface area contributed by atoms with Crippen molar-refractivity contribution >= 4 is 23.2 Å². The number of benzene rings is 2. The smallest absolute Gasteiger partial charge is 0.255 e. The quantitative estimate of drug-likeness (QED) is 0.672. The van der Waals surface area contributed by atoms with Crippen molar-refractivity contribution in [2.45, 2.75) is 19.8 Å². The van der Waals surface area contributed by atoms with Crippen molar-refractivity contribution in [2.24, 2.45) is 0 Å². The van der Waals surface area contributed by atoms with E-state index in [-0.39, 0.29) is 11.8 Å². The number of carbonyl (C=O) groups excluding carboxylic acids is 2. The van der Waals surface area contributed by atoms with E-state index < -0.39 is 0 Å². The summed E-state index contributed by atoms with van der Waals surface area (Å²) in [6.45, 7) is 2.93. The summed E-state index contributed by atoms with van der Waals surface area (Å²) < 4.78 is 10.4. The molecule has 6 nitrogen and oxygen atoms in total. The number of anilines is 2. The molecule has 0 atom stereocenters. The van der Waals surface area contributed by atoms with Gasteiger partial charge in [0.1, 0.15) is 12.4 Å². The summed E-state index contributed by atoms with van der Waals surface area (Å²) in [5.41, 5.74) is 1.90. The van der Waals surface area contributed by atoms with Gasteiger partial charge in [-0.3, -0.25) is 9.59 Å². The summed E-state index contributed by atoms with van der Waals surface area (Å²) in [4.78, 5) is 23.9. The van der Waals surface area contributed by atoms with Crippen molar-refractivity contribution < 1.29 is 19.1 Å². The Bertz CT molecular complexity index is 712. The molecule has 138 valence electrons. The van der Waals surface area contributed by atoms with Crippen LogP contribution < -0.4 is 15.4 Å². The molecule has 0 radical (unpaired) electrons. The number of hydrogen-bond donors (Lipinski definition) is 2. The van der Waals surface area contributed by atoms with Crippen LogP contribution in [0.2, 0.25) is 0 Å². The van der Waals surface area contributed by atoms with Gasteiger partial charge in [-0.2, -0.15) is 0 Å². The zero-order chi connectivity index (χ0) is 18.8. The minimum absolute atomic E-state index is 0.0166. The van der Waals surface area contributed by atoms with Gasteiger partial charge < -0.3 is 20.1 Å². The third kappa shape index (κ3) is 6.22. The lowest BCUT2D eigenvalue weighted by atomic mass is 10.2. The second kappa shape index (κ2) is 10.2. The van der Waals surface area contributed by atoms with Gasteiger partial charge in [0.15, 0.2) is 0 Å². The molecule has 0 spiro atoms. The topological polar surface area (TPSA) is 76.7 Å². The molecular formula is C20H24N2O4. The molecule has 2 amide bonds. The minimum Gasteiger partial charge on any atom is -0.491 e. The maximum absolute atomic E-state index is 12.3. The molecule has 0 saturated carbocycles. The van der Waals surface area contributed by atoms with Crippen LogP contribution >= 0.6 is 0 Å². The molecule has 2 aromatic rings. The standard InChI is InChI=1S/C20H24N2O4/c1-3-4-19(23)21-16-7-9-17(10-8-16)22-20(24)15-5-11-18(12-6-15)26-14-13-25-2/h5-12H,3-4,13-14H2,1-2H3,(H,21,23)(H,22,24). The molecule has 2 aromatic carbocycles. The van der Waals surface area contributed by atoms with Crippen molar-refractivity contribution in [1.82, 2.24) is 0 Å². The summed E-state index contributed by atoms with van der Waals surface area (Å²) in [5, 5.41) is 5.63. The summed E-state index contributed by atoms with van der Waals surface area (Å²) in [5.74, 6) is 0.457. The number of nitrogens with one attached hydrogen (secondary N) is 2. The fourth-order valence-electron chi connectivity index (χ4n) is 2.24. The van der Waals surface area contributed by atoms with Gasteiger partial charge >= 0.3 is 0 Å². The predicted octanol–water partition coefficient (Wildman–Crippen LogP) is 3.70. The van der Waals surface area contributed by atoms with Crippen LogP contribution in [0.25, 0.3) is 0 Å². The van der Waals surface area contributed by atoms with E-state index in [1.165, 1.54) is 0 Å². The van der Waals surface area contributed by atoms with E-state index in [9.17, 15) is 9.59 Å². The Kier molecular flexibility index (Phi) is 7.64. The zero-order valence-electron chi connectivity index (χ0n) is 15.1. The minimum atomic E-state index is -0.212. The normalized spacial score (nSPS) is 10.2. The monoisotopic (exact) mass is 356 g/mol. The molecule has 0 bridgehead atoms. The van der Waals surface area contributed by atoms with Gasteiger partial charge in [-0.05, 0) is 55.0 Å². The molecule has 0 heterocycles. The molecule has 2 rings (SSSR count). The Morgan fingerprint density at radius 3 is 2.08 bits per heavy atom. The van der Waals surface area contributed by atoms with Crippen molar-refractivity contribution in [3.8, 4) is 5.75 Å². The largest absolute Gasteiger partial charge is 0.491 e. The summed E-state index contributed by atoms with van der Waals surface area (Å²) in [6, 6.07) is 13.9. The first kappa shape index (κ1) is 19.5. The maximum Gasteiger partial charge on any atom is 0.255 e. The van der Waals surface area contributed by atoms with E-state index in [1.807, 2.05) is 6.92 Å². The highest BCUT2D eigenvalue weighted by Crippen LogP contribution is 2.17. The fraction of sp³-hybridized carbons (Fsp3) is 0.300. The molecule has 0 saturated heterocycles. The molecule has 0 fully saturated rings. The van der Waals surface area contributed by atoms with E-state index in [4.69, 9.17) is 9.47 Å². The number of rotatable bonds is 9. The Hall–Kier alpha value is -2.86. The third-order valence-electron chi connectivity index (χ3n) is 3.58. The fourth-order valence-corrected chi connectivity index (χ4v) is 2.24. The number of hydrogen-bond acceptors (Lipinski definition) is 4. The van der Waals surface area contributed by atoms with E-state index in [0.29, 0.717) is 42.3 Å². The van der Waals surface area contributed by atoms with Crippen LogP contribution in [0.1, 0.15) is 30.1 Å². The van der Waals surface area contributed by atoms with Gasteiger partial charge in [0.25, 0.3) is 5.91 Å². The second-order valence-electron chi connectivity index (χ2n) is 5.70. The molecule has 6 heteroatoms. The first-order valence-electron chi connectivity index (χ1n) is 8.55. The van der Waals surface area contributed by atoms with Crippen LogP contribution in [0.4, 0.5) is 11.4 Å². The van der Waals surface area contributed by atoms with Crippen molar-refractivity contribution in [3.05, 3.63) is 54.1 Å². The predicted molar refractivity (Wildman–Crippen MR) is 102 cm³/mol. The highest BCUT2D eigenvalue weighted by molar-refractivity contribution is 6.04. The lowest BCUT2D eigenvalue weighted by Crippen LogP contribution is -2.13. The average molecular weight is 356 g/mol. The second-order valence-corrected chi connectivity index (χ2v) is 5.70. The van der Waals surface area contributed by atoms with Gasteiger partial charge in [-0.15, -0.1) is 0 Å². The van der Waals surface area contributed by atoms with E-state index in [1.54, 1.807) is 55.6 Å². The molecule has 0 aliphatic heterocycles. The molecule has 0 unspecified atom stereocenters. The summed E-state index contributed by atoms with van der Waals surface area (Å²) >= 11 is 0. The molecule has 0 aliphatic rings. The maximum atomic E-state index is 12.3. The average Bonchev–Trinajstić information content (AvgIpc) is 2.64. The molecular weight excluding hydrogens is 332 g/mol. The van der Waals surface area contributed by atoms with Gasteiger partial charge in [0.05, 0.1) is 6.61 Å². The number of carbonyl (C=O) groups is 2. The van der Waals surface area contributed by atoms with Crippen LogP contribution in [0.5, 0.6) is 5.75 Å². The Labute approximate surface area is 153 Å². The van der Waals surface area contributed by atoms with Crippen LogP contribution in [0, 0.1) is 0 Å². The van der Waals surface area contributed by atoms with Crippen molar-refractivity contribution in [1.29, 1.82) is 0 Å². The van der Waals surface area contributed by atoms with Crippen LogP contribution in [0.3, 0.4) is 0 Å². The van der Waals surface area contributed by atoms with E-state index >= 15 is 0 Å². The molecule has 2 N–H and O–H groups in total. The Balaban J connectivity index is 1.89. The van der Waals surface area contributed by atoms with Gasteiger partial charge in [0, 0.05) is 30.5 Å². The summed E-state index contributed by atoms with van der Waals surface area (Å²) in [6.07, 6.45) is 1.29. The zero-order valence-corrected chi connectivity index (χ0v) is 15.1. The first-order valence-corrected chi connectivity index (χ1v) is 8.55. The third-order valence-corrected chi connectivity index (χ3v) is 3.58. The summed E-state index contributed by atoms with van der Waals surface area (Å²) in [7, 11) is 1.61. The molecule has 0 aliphatic carbocycles. The Morgan fingerprint density at radius 2 is 1.50 bits per heavy atom.